The van der Waals surface area contributed by atoms with Crippen LogP contribution in [0.1, 0.15) is 36.9 Å². The Kier molecular flexibility index (Phi) is 2.04. The maximum absolute atomic E-state index is 11.4. The zero-order valence-electron chi connectivity index (χ0n) is 8.96. The van der Waals surface area contributed by atoms with Crippen molar-refractivity contribution in [3.8, 4) is 0 Å². The highest BCUT2D eigenvalue weighted by Crippen LogP contribution is 2.40. The predicted octanol–water partition coefficient (Wildman–Crippen LogP) is 0.702. The molecule has 3 rings (SSSR count). The fourth-order valence-corrected chi connectivity index (χ4v) is 3.96. The summed E-state index contributed by atoms with van der Waals surface area (Å²) < 4.78 is 24.5. The lowest BCUT2D eigenvalue weighted by Crippen LogP contribution is -2.14. The lowest BCUT2D eigenvalue weighted by atomic mass is 10.3. The molecule has 0 radical (unpaired) electrons. The number of aromatic nitrogens is 2. The first-order valence-electron chi connectivity index (χ1n) is 5.60. The van der Waals surface area contributed by atoms with E-state index in [-0.39, 0.29) is 17.5 Å². The van der Waals surface area contributed by atoms with Crippen LogP contribution >= 0.6 is 0 Å². The molecule has 88 valence electrons. The summed E-state index contributed by atoms with van der Waals surface area (Å²) >= 11 is 0. The van der Waals surface area contributed by atoms with Crippen molar-refractivity contribution in [2.24, 2.45) is 0 Å². The molecule has 2 heterocycles. The number of nitrogen functional groups attached to an aromatic ring is 1. The molecule has 1 aliphatic carbocycles. The van der Waals surface area contributed by atoms with Crippen molar-refractivity contribution in [1.29, 1.82) is 0 Å². The van der Waals surface area contributed by atoms with Crippen LogP contribution in [0, 0.1) is 0 Å². The molecule has 2 aliphatic rings. The molecule has 16 heavy (non-hydrogen) atoms. The molecule has 1 aliphatic heterocycles. The summed E-state index contributed by atoms with van der Waals surface area (Å²) in [5.74, 6) is 1.60. The SMILES string of the molecule is Nc1cc(C2CC2)nn1[C@@H]1CCS(=O)(=O)C1. The standard InChI is InChI=1S/C10H15N3O2S/c11-10-5-9(7-1-2-7)12-13(10)8-3-4-16(14,15)6-8/h5,7-8H,1-4,6,11H2/t8-/m1/s1. The summed E-state index contributed by atoms with van der Waals surface area (Å²) in [6.45, 7) is 0. The highest BCUT2D eigenvalue weighted by Gasteiger charge is 2.33. The van der Waals surface area contributed by atoms with Crippen LogP contribution in [0.5, 0.6) is 0 Å². The molecule has 6 heteroatoms. The van der Waals surface area contributed by atoms with Gasteiger partial charge in [0.05, 0.1) is 23.2 Å². The molecule has 2 fully saturated rings. The zero-order valence-corrected chi connectivity index (χ0v) is 9.78. The topological polar surface area (TPSA) is 78.0 Å². The van der Waals surface area contributed by atoms with E-state index in [1.165, 1.54) is 12.8 Å². The van der Waals surface area contributed by atoms with Gasteiger partial charge in [0.2, 0.25) is 0 Å². The molecule has 2 N–H and O–H groups in total. The summed E-state index contributed by atoms with van der Waals surface area (Å²) in [5, 5.41) is 4.45. The van der Waals surface area contributed by atoms with Crippen molar-refractivity contribution in [2.45, 2.75) is 31.2 Å². The molecule has 0 bridgehead atoms. The van der Waals surface area contributed by atoms with Gasteiger partial charge in [-0.2, -0.15) is 5.10 Å². The number of nitrogens with two attached hydrogens (primary N) is 1. The number of rotatable bonds is 2. The van der Waals surface area contributed by atoms with Gasteiger partial charge < -0.3 is 5.73 Å². The van der Waals surface area contributed by atoms with Crippen LogP contribution in [-0.2, 0) is 9.84 Å². The quantitative estimate of drug-likeness (QED) is 0.826. The highest BCUT2D eigenvalue weighted by atomic mass is 32.2. The van der Waals surface area contributed by atoms with E-state index in [1.54, 1.807) is 4.68 Å². The summed E-state index contributed by atoms with van der Waals surface area (Å²) in [6.07, 6.45) is 3.00. The van der Waals surface area contributed by atoms with E-state index >= 15 is 0 Å². The minimum atomic E-state index is -2.87. The Labute approximate surface area is 94.5 Å². The van der Waals surface area contributed by atoms with Gasteiger partial charge in [0.1, 0.15) is 5.82 Å². The van der Waals surface area contributed by atoms with Crippen molar-refractivity contribution in [3.05, 3.63) is 11.8 Å². The Morgan fingerprint density at radius 3 is 2.69 bits per heavy atom. The Bertz CT molecular complexity index is 516. The Hall–Kier alpha value is -1.04. The summed E-state index contributed by atoms with van der Waals surface area (Å²) in [4.78, 5) is 0. The molecule has 1 saturated carbocycles. The van der Waals surface area contributed by atoms with Gasteiger partial charge in [-0.15, -0.1) is 0 Å². The lowest BCUT2D eigenvalue weighted by Gasteiger charge is -2.09. The maximum Gasteiger partial charge on any atom is 0.152 e. The number of sulfone groups is 1. The second-order valence-corrected chi connectivity index (χ2v) is 7.00. The molecule has 1 aromatic heterocycles. The molecular weight excluding hydrogens is 226 g/mol. The Morgan fingerprint density at radius 2 is 2.12 bits per heavy atom. The van der Waals surface area contributed by atoms with E-state index in [2.05, 4.69) is 5.10 Å². The van der Waals surface area contributed by atoms with Gasteiger partial charge in [0.25, 0.3) is 0 Å². The molecule has 0 aromatic carbocycles. The summed E-state index contributed by atoms with van der Waals surface area (Å²) in [6, 6.07) is 1.83. The average Bonchev–Trinajstić information content (AvgIpc) is 2.89. The van der Waals surface area contributed by atoms with Crippen LogP contribution < -0.4 is 5.73 Å². The van der Waals surface area contributed by atoms with Gasteiger partial charge in [-0.3, -0.25) is 0 Å². The van der Waals surface area contributed by atoms with Crippen LogP contribution in [0.3, 0.4) is 0 Å². The number of hydrogen-bond donors (Lipinski definition) is 1. The molecule has 1 atom stereocenters. The van der Waals surface area contributed by atoms with Crippen LogP contribution in [0.25, 0.3) is 0 Å². The van der Waals surface area contributed by atoms with E-state index in [4.69, 9.17) is 5.73 Å². The van der Waals surface area contributed by atoms with Crippen molar-refractivity contribution < 1.29 is 8.42 Å². The Morgan fingerprint density at radius 1 is 1.38 bits per heavy atom. The average molecular weight is 241 g/mol. The molecular formula is C10H15N3O2S. The summed E-state index contributed by atoms with van der Waals surface area (Å²) in [5.41, 5.74) is 6.91. The van der Waals surface area contributed by atoms with E-state index < -0.39 is 9.84 Å². The third kappa shape index (κ3) is 1.71. The number of hydrogen-bond acceptors (Lipinski definition) is 4. The third-order valence-corrected chi connectivity index (χ3v) is 5.08. The monoisotopic (exact) mass is 241 g/mol. The predicted molar refractivity (Wildman–Crippen MR) is 60.9 cm³/mol. The van der Waals surface area contributed by atoms with Crippen molar-refractivity contribution in [3.63, 3.8) is 0 Å². The van der Waals surface area contributed by atoms with Gasteiger partial charge in [-0.05, 0) is 19.3 Å². The van der Waals surface area contributed by atoms with Gasteiger partial charge >= 0.3 is 0 Å². The van der Waals surface area contributed by atoms with Gasteiger partial charge in [-0.25, -0.2) is 13.1 Å². The highest BCUT2D eigenvalue weighted by molar-refractivity contribution is 7.91. The molecule has 0 unspecified atom stereocenters. The minimum Gasteiger partial charge on any atom is -0.384 e. The molecule has 1 saturated heterocycles. The molecule has 1 aromatic rings. The maximum atomic E-state index is 11.4. The first-order chi connectivity index (χ1) is 7.55. The van der Waals surface area contributed by atoms with Crippen LogP contribution in [0.2, 0.25) is 0 Å². The second kappa shape index (κ2) is 3.23. The normalized spacial score (nSPS) is 28.4. The fourth-order valence-electron chi connectivity index (χ4n) is 2.27. The number of anilines is 1. The lowest BCUT2D eigenvalue weighted by molar-refractivity contribution is 0.502. The second-order valence-electron chi connectivity index (χ2n) is 4.77. The van der Waals surface area contributed by atoms with Crippen molar-refractivity contribution in [1.82, 2.24) is 9.78 Å². The molecule has 0 spiro atoms. The van der Waals surface area contributed by atoms with E-state index in [0.717, 1.165) is 5.69 Å². The van der Waals surface area contributed by atoms with Gasteiger partial charge in [0.15, 0.2) is 9.84 Å². The smallest absolute Gasteiger partial charge is 0.152 e. The first-order valence-corrected chi connectivity index (χ1v) is 7.43. The van der Waals surface area contributed by atoms with Crippen LogP contribution in [0.15, 0.2) is 6.07 Å². The molecule has 5 nitrogen and oxygen atoms in total. The largest absolute Gasteiger partial charge is 0.384 e. The van der Waals surface area contributed by atoms with Crippen LogP contribution in [0.4, 0.5) is 5.82 Å². The van der Waals surface area contributed by atoms with E-state index in [9.17, 15) is 8.42 Å². The first kappa shape index (κ1) is 10.1. The van der Waals surface area contributed by atoms with Crippen molar-refractivity contribution >= 4 is 15.7 Å². The summed E-state index contributed by atoms with van der Waals surface area (Å²) in [7, 11) is -2.87. The number of nitrogens with zero attached hydrogens (tertiary/aromatic N) is 2. The molecule has 0 amide bonds. The minimum absolute atomic E-state index is 0.0579. The third-order valence-electron chi connectivity index (χ3n) is 3.33. The van der Waals surface area contributed by atoms with E-state index in [0.29, 0.717) is 18.2 Å². The van der Waals surface area contributed by atoms with E-state index in [1.807, 2.05) is 6.07 Å². The van der Waals surface area contributed by atoms with Crippen molar-refractivity contribution in [2.75, 3.05) is 17.2 Å². The van der Waals surface area contributed by atoms with Crippen LogP contribution in [-0.4, -0.2) is 29.7 Å². The zero-order chi connectivity index (χ0) is 11.3. The van der Waals surface area contributed by atoms with Gasteiger partial charge in [-0.1, -0.05) is 0 Å². The fraction of sp³-hybridized carbons (Fsp3) is 0.700. The Balaban J connectivity index is 1.89. The van der Waals surface area contributed by atoms with Gasteiger partial charge in [0, 0.05) is 12.0 Å².